The molecule has 0 aliphatic heterocycles. The molecule has 0 saturated carbocycles. The average molecular weight is 258 g/mol. The van der Waals surface area contributed by atoms with E-state index in [4.69, 9.17) is 11.6 Å². The van der Waals surface area contributed by atoms with Gasteiger partial charge in [0.1, 0.15) is 5.82 Å². The Morgan fingerprint density at radius 2 is 1.94 bits per heavy atom. The lowest BCUT2D eigenvalue weighted by Crippen LogP contribution is -2.33. The second-order valence-corrected chi connectivity index (χ2v) is 5.09. The van der Waals surface area contributed by atoms with Crippen molar-refractivity contribution in [3.8, 4) is 0 Å². The lowest BCUT2D eigenvalue weighted by Gasteiger charge is -2.32. The molecule has 17 heavy (non-hydrogen) atoms. The van der Waals surface area contributed by atoms with E-state index in [1.54, 1.807) is 12.1 Å². The smallest absolute Gasteiger partial charge is 0.126 e. The normalized spacial score (nSPS) is 11.8. The van der Waals surface area contributed by atoms with Gasteiger partial charge in [-0.3, -0.25) is 0 Å². The summed E-state index contributed by atoms with van der Waals surface area (Å²) in [5, 5.41) is 3.81. The summed E-state index contributed by atoms with van der Waals surface area (Å²) >= 11 is 5.93. The highest BCUT2D eigenvalue weighted by Gasteiger charge is 2.26. The molecule has 96 valence electrons. The van der Waals surface area contributed by atoms with Crippen LogP contribution in [-0.4, -0.2) is 13.6 Å². The Bertz CT molecular complexity index is 361. The molecule has 0 aromatic heterocycles. The maximum absolute atomic E-state index is 13.7. The van der Waals surface area contributed by atoms with Gasteiger partial charge in [-0.2, -0.15) is 0 Å². The van der Waals surface area contributed by atoms with Crippen LogP contribution >= 0.6 is 11.6 Å². The fraction of sp³-hybridized carbons (Fsp3) is 0.571. The quantitative estimate of drug-likeness (QED) is 0.811. The predicted octanol–water partition coefficient (Wildman–Crippen LogP) is 4.05. The third-order valence-electron chi connectivity index (χ3n) is 3.62. The number of nitrogens with one attached hydrogen (secondary N) is 1. The van der Waals surface area contributed by atoms with E-state index < -0.39 is 0 Å². The molecule has 0 bridgehead atoms. The molecule has 0 amide bonds. The highest BCUT2D eigenvalue weighted by atomic mass is 35.5. The summed E-state index contributed by atoms with van der Waals surface area (Å²) < 4.78 is 13.7. The van der Waals surface area contributed by atoms with Crippen LogP contribution in [0.15, 0.2) is 18.2 Å². The third kappa shape index (κ3) is 3.68. The largest absolute Gasteiger partial charge is 0.319 e. The summed E-state index contributed by atoms with van der Waals surface area (Å²) in [4.78, 5) is 0. The topological polar surface area (TPSA) is 12.0 Å². The zero-order valence-electron chi connectivity index (χ0n) is 10.8. The monoisotopic (exact) mass is 257 g/mol. The first-order chi connectivity index (χ1) is 8.06. The van der Waals surface area contributed by atoms with E-state index >= 15 is 0 Å². The van der Waals surface area contributed by atoms with Crippen LogP contribution in [0, 0.1) is 11.2 Å². The first kappa shape index (κ1) is 14.5. The highest BCUT2D eigenvalue weighted by molar-refractivity contribution is 6.30. The highest BCUT2D eigenvalue weighted by Crippen LogP contribution is 2.32. The Balaban J connectivity index is 2.96. The lowest BCUT2D eigenvalue weighted by molar-refractivity contribution is 0.250. The van der Waals surface area contributed by atoms with Crippen molar-refractivity contribution < 1.29 is 4.39 Å². The van der Waals surface area contributed by atoms with E-state index in [0.29, 0.717) is 5.02 Å². The van der Waals surface area contributed by atoms with E-state index in [1.165, 1.54) is 6.07 Å². The van der Waals surface area contributed by atoms with Gasteiger partial charge in [0.25, 0.3) is 0 Å². The van der Waals surface area contributed by atoms with Crippen LogP contribution in [-0.2, 0) is 6.42 Å². The molecule has 0 radical (unpaired) electrons. The molecule has 0 heterocycles. The second-order valence-electron chi connectivity index (χ2n) is 4.65. The van der Waals surface area contributed by atoms with E-state index in [-0.39, 0.29) is 11.2 Å². The zero-order chi connectivity index (χ0) is 12.9. The van der Waals surface area contributed by atoms with E-state index in [2.05, 4.69) is 19.2 Å². The van der Waals surface area contributed by atoms with Crippen molar-refractivity contribution in [2.24, 2.45) is 5.41 Å². The summed E-state index contributed by atoms with van der Waals surface area (Å²) in [6.45, 7) is 5.21. The number of rotatable bonds is 6. The predicted molar refractivity (Wildman–Crippen MR) is 72.1 cm³/mol. The van der Waals surface area contributed by atoms with Crippen molar-refractivity contribution in [1.82, 2.24) is 5.32 Å². The van der Waals surface area contributed by atoms with Crippen molar-refractivity contribution >= 4 is 11.6 Å². The zero-order valence-corrected chi connectivity index (χ0v) is 11.6. The molecule has 0 spiro atoms. The van der Waals surface area contributed by atoms with Crippen LogP contribution in [0.1, 0.15) is 32.3 Å². The van der Waals surface area contributed by atoms with Crippen LogP contribution in [0.2, 0.25) is 5.02 Å². The van der Waals surface area contributed by atoms with E-state index in [0.717, 1.165) is 31.4 Å². The maximum atomic E-state index is 13.7. The first-order valence-corrected chi connectivity index (χ1v) is 6.53. The van der Waals surface area contributed by atoms with Crippen molar-refractivity contribution in [2.75, 3.05) is 13.6 Å². The SMILES string of the molecule is CCC(CC)(CNC)Cc1cc(Cl)ccc1F. The number of halogens is 2. The Labute approximate surface area is 108 Å². The molecule has 0 unspecified atom stereocenters. The van der Waals surface area contributed by atoms with Crippen molar-refractivity contribution in [3.63, 3.8) is 0 Å². The molecule has 1 rings (SSSR count). The van der Waals surface area contributed by atoms with Gasteiger partial charge in [-0.05, 0) is 55.5 Å². The molecule has 0 aliphatic rings. The van der Waals surface area contributed by atoms with Crippen LogP contribution < -0.4 is 5.32 Å². The Kier molecular flexibility index (Phi) is 5.41. The molecule has 0 fully saturated rings. The fourth-order valence-corrected chi connectivity index (χ4v) is 2.46. The third-order valence-corrected chi connectivity index (χ3v) is 3.86. The molecule has 0 saturated heterocycles. The molecule has 3 heteroatoms. The summed E-state index contributed by atoms with van der Waals surface area (Å²) in [6, 6.07) is 4.79. The van der Waals surface area contributed by atoms with Gasteiger partial charge >= 0.3 is 0 Å². The molecular formula is C14H21ClFN. The van der Waals surface area contributed by atoms with Gasteiger partial charge in [-0.25, -0.2) is 4.39 Å². The fourth-order valence-electron chi connectivity index (χ4n) is 2.27. The maximum Gasteiger partial charge on any atom is 0.126 e. The Morgan fingerprint density at radius 1 is 1.29 bits per heavy atom. The Morgan fingerprint density at radius 3 is 2.47 bits per heavy atom. The van der Waals surface area contributed by atoms with Gasteiger partial charge in [-0.15, -0.1) is 0 Å². The number of hydrogen-bond acceptors (Lipinski definition) is 1. The van der Waals surface area contributed by atoms with Gasteiger partial charge in [0.2, 0.25) is 0 Å². The van der Waals surface area contributed by atoms with Crippen LogP contribution in [0.3, 0.4) is 0 Å². The summed E-state index contributed by atoms with van der Waals surface area (Å²) in [5.41, 5.74) is 0.830. The summed E-state index contributed by atoms with van der Waals surface area (Å²) in [5.74, 6) is -0.156. The van der Waals surface area contributed by atoms with Gasteiger partial charge in [0.05, 0.1) is 0 Å². The minimum atomic E-state index is -0.156. The molecule has 1 aromatic carbocycles. The standard InChI is InChI=1S/C14H21ClFN/c1-4-14(5-2,10-17-3)9-11-8-12(15)6-7-13(11)16/h6-8,17H,4-5,9-10H2,1-3H3. The average Bonchev–Trinajstić information content (AvgIpc) is 2.33. The molecule has 1 nitrogen and oxygen atoms in total. The van der Waals surface area contributed by atoms with Crippen molar-refractivity contribution in [1.29, 1.82) is 0 Å². The van der Waals surface area contributed by atoms with Crippen LogP contribution in [0.4, 0.5) is 4.39 Å². The summed E-state index contributed by atoms with van der Waals surface area (Å²) in [6.07, 6.45) is 2.78. The van der Waals surface area contributed by atoms with Crippen LogP contribution in [0.25, 0.3) is 0 Å². The lowest BCUT2D eigenvalue weighted by atomic mass is 9.77. The van der Waals surface area contributed by atoms with Crippen molar-refractivity contribution in [2.45, 2.75) is 33.1 Å². The molecule has 1 N–H and O–H groups in total. The minimum absolute atomic E-state index is 0.111. The molecule has 1 aromatic rings. The molecular weight excluding hydrogens is 237 g/mol. The Hall–Kier alpha value is -0.600. The van der Waals surface area contributed by atoms with Gasteiger partial charge in [0.15, 0.2) is 0 Å². The van der Waals surface area contributed by atoms with Crippen molar-refractivity contribution in [3.05, 3.63) is 34.6 Å². The van der Waals surface area contributed by atoms with Crippen LogP contribution in [0.5, 0.6) is 0 Å². The number of benzene rings is 1. The van der Waals surface area contributed by atoms with Gasteiger partial charge in [-0.1, -0.05) is 25.4 Å². The second kappa shape index (κ2) is 6.36. The molecule has 0 aliphatic carbocycles. The van der Waals surface area contributed by atoms with E-state index in [9.17, 15) is 4.39 Å². The minimum Gasteiger partial charge on any atom is -0.319 e. The summed E-state index contributed by atoms with van der Waals surface area (Å²) in [7, 11) is 1.94. The van der Waals surface area contributed by atoms with E-state index in [1.807, 2.05) is 7.05 Å². The number of hydrogen-bond donors (Lipinski definition) is 1. The van der Waals surface area contributed by atoms with Gasteiger partial charge in [0, 0.05) is 11.6 Å². The molecule has 0 atom stereocenters. The van der Waals surface area contributed by atoms with Gasteiger partial charge < -0.3 is 5.32 Å². The first-order valence-electron chi connectivity index (χ1n) is 6.15.